The van der Waals surface area contributed by atoms with Crippen molar-refractivity contribution >= 4 is 5.91 Å². The quantitative estimate of drug-likeness (QED) is 0.749. The van der Waals surface area contributed by atoms with Crippen LogP contribution in [-0.2, 0) is 4.79 Å². The van der Waals surface area contributed by atoms with Gasteiger partial charge in [0.25, 0.3) is 0 Å². The van der Waals surface area contributed by atoms with Crippen molar-refractivity contribution in [2.75, 3.05) is 6.54 Å². The van der Waals surface area contributed by atoms with Gasteiger partial charge in [0.2, 0.25) is 5.91 Å². The van der Waals surface area contributed by atoms with Crippen LogP contribution in [0, 0.1) is 5.92 Å². The van der Waals surface area contributed by atoms with Crippen molar-refractivity contribution in [2.45, 2.75) is 71.4 Å². The molecule has 1 aliphatic carbocycles. The minimum atomic E-state index is 0.242. The number of carbonyl (C=O) groups is 1. The monoisotopic (exact) mass is 240 g/mol. The Kier molecular flexibility index (Phi) is 6.56. The van der Waals surface area contributed by atoms with Crippen LogP contribution in [0.4, 0.5) is 0 Å². The molecule has 17 heavy (non-hydrogen) atoms. The first-order chi connectivity index (χ1) is 8.15. The number of carbonyl (C=O) groups excluding carboxylic acids is 1. The van der Waals surface area contributed by atoms with E-state index in [1.54, 1.807) is 0 Å². The van der Waals surface area contributed by atoms with Crippen LogP contribution in [0.25, 0.3) is 0 Å². The minimum Gasteiger partial charge on any atom is -0.353 e. The largest absolute Gasteiger partial charge is 0.353 e. The van der Waals surface area contributed by atoms with Crippen molar-refractivity contribution in [3.05, 3.63) is 0 Å². The Morgan fingerprint density at radius 2 is 1.76 bits per heavy atom. The molecule has 0 aromatic carbocycles. The van der Waals surface area contributed by atoms with Gasteiger partial charge in [-0.15, -0.1) is 0 Å². The van der Waals surface area contributed by atoms with Gasteiger partial charge in [0, 0.05) is 18.5 Å². The van der Waals surface area contributed by atoms with E-state index in [0.29, 0.717) is 24.4 Å². The van der Waals surface area contributed by atoms with E-state index in [1.807, 2.05) is 0 Å². The summed E-state index contributed by atoms with van der Waals surface area (Å²) < 4.78 is 0. The first kappa shape index (κ1) is 14.5. The molecule has 1 unspecified atom stereocenters. The molecular weight excluding hydrogens is 212 g/mol. The van der Waals surface area contributed by atoms with Crippen LogP contribution < -0.4 is 10.6 Å². The molecule has 0 aromatic rings. The van der Waals surface area contributed by atoms with Gasteiger partial charge in [-0.2, -0.15) is 0 Å². The molecule has 0 aromatic heterocycles. The fourth-order valence-electron chi connectivity index (χ4n) is 2.48. The Balaban J connectivity index is 2.19. The highest BCUT2D eigenvalue weighted by atomic mass is 16.1. The van der Waals surface area contributed by atoms with Gasteiger partial charge in [0.05, 0.1) is 0 Å². The lowest BCUT2D eigenvalue weighted by Gasteiger charge is -2.29. The molecule has 3 heteroatoms. The van der Waals surface area contributed by atoms with Crippen LogP contribution in [0.2, 0.25) is 0 Å². The molecule has 100 valence electrons. The van der Waals surface area contributed by atoms with Gasteiger partial charge in [-0.25, -0.2) is 0 Å². The van der Waals surface area contributed by atoms with Crippen LogP contribution in [0.15, 0.2) is 0 Å². The van der Waals surface area contributed by atoms with Gasteiger partial charge in [-0.3, -0.25) is 4.79 Å². The number of rotatable bonds is 6. The summed E-state index contributed by atoms with van der Waals surface area (Å²) in [7, 11) is 0. The molecule has 1 amide bonds. The number of amides is 1. The average Bonchev–Trinajstić information content (AvgIpc) is 2.31. The van der Waals surface area contributed by atoms with E-state index in [0.717, 1.165) is 25.8 Å². The lowest BCUT2D eigenvalue weighted by atomic mass is 9.91. The molecule has 1 rings (SSSR count). The second kappa shape index (κ2) is 7.70. The first-order valence-corrected chi connectivity index (χ1v) is 7.18. The number of nitrogens with one attached hydrogen (secondary N) is 2. The molecule has 2 N–H and O–H groups in total. The molecule has 0 aliphatic heterocycles. The molecule has 1 atom stereocenters. The zero-order valence-electron chi connectivity index (χ0n) is 11.6. The number of hydrogen-bond acceptors (Lipinski definition) is 2. The van der Waals surface area contributed by atoms with E-state index >= 15 is 0 Å². The zero-order chi connectivity index (χ0) is 12.7. The maximum absolute atomic E-state index is 11.8. The maximum Gasteiger partial charge on any atom is 0.220 e. The topological polar surface area (TPSA) is 41.1 Å². The smallest absolute Gasteiger partial charge is 0.220 e. The summed E-state index contributed by atoms with van der Waals surface area (Å²) in [5.74, 6) is 0.749. The highest BCUT2D eigenvalue weighted by Gasteiger charge is 2.21. The lowest BCUT2D eigenvalue weighted by molar-refractivity contribution is -0.122. The molecule has 0 heterocycles. The van der Waals surface area contributed by atoms with Crippen LogP contribution in [0.3, 0.4) is 0 Å². The van der Waals surface area contributed by atoms with Crippen LogP contribution in [-0.4, -0.2) is 24.5 Å². The van der Waals surface area contributed by atoms with Crippen molar-refractivity contribution in [3.8, 4) is 0 Å². The second-order valence-electron chi connectivity index (χ2n) is 5.39. The van der Waals surface area contributed by atoms with E-state index < -0.39 is 0 Å². The van der Waals surface area contributed by atoms with Crippen molar-refractivity contribution in [2.24, 2.45) is 5.92 Å². The van der Waals surface area contributed by atoms with Gasteiger partial charge in [0.1, 0.15) is 0 Å². The Morgan fingerprint density at radius 3 is 2.29 bits per heavy atom. The Hall–Kier alpha value is -0.570. The van der Waals surface area contributed by atoms with Crippen LogP contribution in [0.5, 0.6) is 0 Å². The standard InChI is InChI=1S/C14H28N2O/c1-4-11(3)10-14(17)16-13-8-6-12(7-9-13)15-5-2/h11-13,15H,4-10H2,1-3H3,(H,16,17). The molecule has 0 radical (unpaired) electrons. The van der Waals surface area contributed by atoms with Crippen molar-refractivity contribution in [1.82, 2.24) is 10.6 Å². The molecule has 0 spiro atoms. The van der Waals surface area contributed by atoms with Crippen molar-refractivity contribution < 1.29 is 4.79 Å². The summed E-state index contributed by atoms with van der Waals surface area (Å²) in [6.45, 7) is 7.48. The lowest BCUT2D eigenvalue weighted by Crippen LogP contribution is -2.42. The highest BCUT2D eigenvalue weighted by Crippen LogP contribution is 2.19. The van der Waals surface area contributed by atoms with E-state index in [4.69, 9.17) is 0 Å². The van der Waals surface area contributed by atoms with Gasteiger partial charge < -0.3 is 10.6 Å². The fraction of sp³-hybridized carbons (Fsp3) is 0.929. The van der Waals surface area contributed by atoms with Gasteiger partial charge >= 0.3 is 0 Å². The summed E-state index contributed by atoms with van der Waals surface area (Å²) in [6.07, 6.45) is 6.42. The van der Waals surface area contributed by atoms with Crippen molar-refractivity contribution in [1.29, 1.82) is 0 Å². The van der Waals surface area contributed by atoms with E-state index in [9.17, 15) is 4.79 Å². The Bertz CT molecular complexity index is 222. The third-order valence-electron chi connectivity index (χ3n) is 3.82. The molecule has 1 aliphatic rings. The minimum absolute atomic E-state index is 0.242. The predicted octanol–water partition coefficient (Wildman–Crippen LogP) is 2.46. The normalized spacial score (nSPS) is 26.5. The summed E-state index contributed by atoms with van der Waals surface area (Å²) in [6, 6.07) is 1.09. The summed E-state index contributed by atoms with van der Waals surface area (Å²) >= 11 is 0. The molecule has 0 bridgehead atoms. The average molecular weight is 240 g/mol. The molecule has 1 fully saturated rings. The zero-order valence-corrected chi connectivity index (χ0v) is 11.6. The highest BCUT2D eigenvalue weighted by molar-refractivity contribution is 5.76. The van der Waals surface area contributed by atoms with Gasteiger partial charge in [-0.1, -0.05) is 27.2 Å². The van der Waals surface area contributed by atoms with E-state index in [1.165, 1.54) is 12.8 Å². The van der Waals surface area contributed by atoms with E-state index in [2.05, 4.69) is 31.4 Å². The summed E-state index contributed by atoms with van der Waals surface area (Å²) in [4.78, 5) is 11.8. The van der Waals surface area contributed by atoms with Gasteiger partial charge in [-0.05, 0) is 38.1 Å². The summed E-state index contributed by atoms with van der Waals surface area (Å²) in [5, 5.41) is 6.67. The fourth-order valence-corrected chi connectivity index (χ4v) is 2.48. The molecule has 3 nitrogen and oxygen atoms in total. The van der Waals surface area contributed by atoms with Crippen LogP contribution in [0.1, 0.15) is 59.3 Å². The Labute approximate surface area is 106 Å². The van der Waals surface area contributed by atoms with Crippen LogP contribution >= 0.6 is 0 Å². The Morgan fingerprint density at radius 1 is 1.18 bits per heavy atom. The van der Waals surface area contributed by atoms with E-state index in [-0.39, 0.29) is 5.91 Å². The molecule has 1 saturated carbocycles. The molecule has 0 saturated heterocycles. The third-order valence-corrected chi connectivity index (χ3v) is 3.82. The first-order valence-electron chi connectivity index (χ1n) is 7.18. The van der Waals surface area contributed by atoms with Crippen molar-refractivity contribution in [3.63, 3.8) is 0 Å². The summed E-state index contributed by atoms with van der Waals surface area (Å²) in [5.41, 5.74) is 0. The number of hydrogen-bond donors (Lipinski definition) is 2. The van der Waals surface area contributed by atoms with Gasteiger partial charge in [0.15, 0.2) is 0 Å². The second-order valence-corrected chi connectivity index (χ2v) is 5.39. The maximum atomic E-state index is 11.8. The predicted molar refractivity (Wildman–Crippen MR) is 71.9 cm³/mol. The third kappa shape index (κ3) is 5.53. The SMILES string of the molecule is CCNC1CCC(NC(=O)CC(C)CC)CC1. The molecular formula is C14H28N2O.